The topological polar surface area (TPSA) is 61.9 Å². The number of hydrogen-bond donors (Lipinski definition) is 0. The van der Waals surface area contributed by atoms with Gasteiger partial charge in [-0.05, 0) is 53.4 Å². The Hall–Kier alpha value is -5.82. The molecule has 0 bridgehead atoms. The molecule has 0 aliphatic rings. The smallest absolute Gasteiger partial charge is 0.307 e. The minimum atomic E-state index is -0.00813. The highest BCUT2D eigenvalue weighted by molar-refractivity contribution is 6.10. The van der Waals surface area contributed by atoms with Crippen LogP contribution in [0.4, 0.5) is 0 Å². The molecule has 0 unspecified atom stereocenters. The molecule has 5 heterocycles. The van der Waals surface area contributed by atoms with Crippen LogP contribution >= 0.6 is 0 Å². The van der Waals surface area contributed by atoms with E-state index in [4.69, 9.17) is 14.1 Å². The average Bonchev–Trinajstić information content (AvgIpc) is 3.72. The predicted molar refractivity (Wildman–Crippen MR) is 180 cm³/mol. The number of fused-ring (bicyclic) bond motifs is 8. The SMILES string of the molecule is CC(C)(C)c1ccnc(-n2c3ccccc3c3ccc(Oc4cn5c6c(cccc6n6ccnc65)c5ccccc5o4)cc32)c1. The summed E-state index contributed by atoms with van der Waals surface area (Å²) in [5.41, 5.74) is 6.13. The van der Waals surface area contributed by atoms with Crippen LogP contribution in [0.3, 0.4) is 0 Å². The molecule has 0 aliphatic carbocycles. The van der Waals surface area contributed by atoms with Gasteiger partial charge in [0.1, 0.15) is 17.2 Å². The van der Waals surface area contributed by atoms with Crippen LogP contribution in [0.1, 0.15) is 26.3 Å². The molecule has 9 rings (SSSR count). The first kappa shape index (κ1) is 25.7. The molecule has 7 nitrogen and oxygen atoms in total. The second kappa shape index (κ2) is 9.34. The van der Waals surface area contributed by atoms with E-state index in [-0.39, 0.29) is 5.41 Å². The van der Waals surface area contributed by atoms with E-state index in [0.29, 0.717) is 11.7 Å². The summed E-state index contributed by atoms with van der Waals surface area (Å²) in [6, 6.07) is 33.3. The van der Waals surface area contributed by atoms with E-state index in [2.05, 4.69) is 108 Å². The highest BCUT2D eigenvalue weighted by Gasteiger charge is 2.19. The number of nitrogens with zero attached hydrogens (tertiary/aromatic N) is 5. The summed E-state index contributed by atoms with van der Waals surface area (Å²) in [4.78, 5) is 9.49. The maximum atomic E-state index is 6.61. The fourth-order valence-corrected chi connectivity index (χ4v) is 6.53. The third-order valence-corrected chi connectivity index (χ3v) is 8.68. The number of benzene rings is 4. The van der Waals surface area contributed by atoms with Crippen LogP contribution < -0.4 is 4.74 Å². The summed E-state index contributed by atoms with van der Waals surface area (Å²) in [6.07, 6.45) is 7.57. The summed E-state index contributed by atoms with van der Waals surface area (Å²) in [7, 11) is 0. The number of rotatable bonds is 3. The zero-order valence-electron chi connectivity index (χ0n) is 25.1. The lowest BCUT2D eigenvalue weighted by molar-refractivity contribution is 0.353. The van der Waals surface area contributed by atoms with E-state index in [1.54, 1.807) is 0 Å². The number of hydrogen-bond acceptors (Lipinski definition) is 4. The third-order valence-electron chi connectivity index (χ3n) is 8.68. The molecule has 0 spiro atoms. The molecule has 0 saturated carbocycles. The highest BCUT2D eigenvalue weighted by Crippen LogP contribution is 2.37. The van der Waals surface area contributed by atoms with E-state index < -0.39 is 0 Å². The Morgan fingerprint density at radius 1 is 0.667 bits per heavy atom. The number of para-hydroxylation sites is 3. The third kappa shape index (κ3) is 3.90. The van der Waals surface area contributed by atoms with E-state index in [9.17, 15) is 0 Å². The normalized spacial score (nSPS) is 12.3. The van der Waals surface area contributed by atoms with Gasteiger partial charge in [0.05, 0.1) is 28.3 Å². The number of imidazole rings is 2. The number of ether oxygens (including phenoxy) is 1. The largest absolute Gasteiger partial charge is 0.425 e. The molecule has 45 heavy (non-hydrogen) atoms. The zero-order chi connectivity index (χ0) is 30.3. The first-order valence-corrected chi connectivity index (χ1v) is 15.1. The molecular formula is C38H29N5O2. The summed E-state index contributed by atoms with van der Waals surface area (Å²) in [5, 5.41) is 4.34. The first-order valence-electron chi connectivity index (χ1n) is 15.1. The van der Waals surface area contributed by atoms with Crippen LogP contribution in [-0.4, -0.2) is 23.3 Å². The van der Waals surface area contributed by atoms with E-state index in [1.807, 2.05) is 53.5 Å². The van der Waals surface area contributed by atoms with Gasteiger partial charge >= 0.3 is 5.95 Å². The lowest BCUT2D eigenvalue weighted by Gasteiger charge is -2.20. The minimum Gasteiger partial charge on any atom is -0.425 e. The monoisotopic (exact) mass is 587 g/mol. The van der Waals surface area contributed by atoms with Crippen molar-refractivity contribution in [2.24, 2.45) is 0 Å². The Morgan fingerprint density at radius 2 is 1.44 bits per heavy atom. The van der Waals surface area contributed by atoms with Crippen LogP contribution in [0.5, 0.6) is 11.7 Å². The van der Waals surface area contributed by atoms with Gasteiger partial charge < -0.3 is 9.15 Å². The summed E-state index contributed by atoms with van der Waals surface area (Å²) >= 11 is 0. The Balaban J connectivity index is 1.28. The van der Waals surface area contributed by atoms with Crippen molar-refractivity contribution in [2.75, 3.05) is 0 Å². The highest BCUT2D eigenvalue weighted by atomic mass is 16.6. The predicted octanol–water partition coefficient (Wildman–Crippen LogP) is 9.63. The Labute approximate surface area is 258 Å². The molecular weight excluding hydrogens is 558 g/mol. The average molecular weight is 588 g/mol. The standard InChI is InChI=1S/C38H29N5O2/c1-38(2,3)24-17-18-39-34(21-24)43-30-12-6-4-9-26(30)27-16-15-25(22-32(27)43)44-35-23-42-36-29(28-10-5-7-14-33(28)45-35)11-8-13-31(36)41-20-19-40-37(41)42/h4-23H,1-3H3. The van der Waals surface area contributed by atoms with Crippen LogP contribution in [0.25, 0.3) is 60.8 Å². The summed E-state index contributed by atoms with van der Waals surface area (Å²) in [6.45, 7) is 6.66. The fourth-order valence-electron chi connectivity index (χ4n) is 6.53. The van der Waals surface area contributed by atoms with Crippen molar-refractivity contribution in [3.63, 3.8) is 0 Å². The molecule has 0 amide bonds. The van der Waals surface area contributed by atoms with Gasteiger partial charge in [0.2, 0.25) is 5.78 Å². The second-order valence-corrected chi connectivity index (χ2v) is 12.5. The van der Waals surface area contributed by atoms with Crippen LogP contribution in [0.15, 0.2) is 126 Å². The molecule has 0 fully saturated rings. The molecule has 4 aromatic carbocycles. The van der Waals surface area contributed by atoms with E-state index in [1.165, 1.54) is 5.56 Å². The van der Waals surface area contributed by atoms with Gasteiger partial charge in [-0.2, -0.15) is 0 Å². The molecule has 218 valence electrons. The van der Waals surface area contributed by atoms with E-state index >= 15 is 0 Å². The van der Waals surface area contributed by atoms with Crippen molar-refractivity contribution in [2.45, 2.75) is 26.2 Å². The van der Waals surface area contributed by atoms with Gasteiger partial charge in [-0.15, -0.1) is 0 Å². The molecule has 0 aliphatic heterocycles. The molecule has 0 radical (unpaired) electrons. The van der Waals surface area contributed by atoms with Crippen molar-refractivity contribution >= 4 is 55.0 Å². The van der Waals surface area contributed by atoms with Gasteiger partial charge in [0.25, 0.3) is 0 Å². The Bertz CT molecular complexity index is 2630. The van der Waals surface area contributed by atoms with Crippen LogP contribution in [0.2, 0.25) is 0 Å². The summed E-state index contributed by atoms with van der Waals surface area (Å²) in [5.74, 6) is 2.64. The maximum Gasteiger partial charge on any atom is 0.307 e. The number of pyridine rings is 1. The van der Waals surface area contributed by atoms with E-state index in [0.717, 1.165) is 60.8 Å². The van der Waals surface area contributed by atoms with Crippen LogP contribution in [0, 0.1) is 0 Å². The zero-order valence-corrected chi connectivity index (χ0v) is 25.1. The molecule has 5 aromatic heterocycles. The van der Waals surface area contributed by atoms with Gasteiger partial charge in [0.15, 0.2) is 0 Å². The summed E-state index contributed by atoms with van der Waals surface area (Å²) < 4.78 is 19.5. The fraction of sp³-hybridized carbons (Fsp3) is 0.105. The van der Waals surface area contributed by atoms with Crippen molar-refractivity contribution in [1.82, 2.24) is 23.3 Å². The molecule has 0 saturated heterocycles. The van der Waals surface area contributed by atoms with Gasteiger partial charge in [-0.25, -0.2) is 9.97 Å². The Kier molecular flexibility index (Phi) is 5.32. The van der Waals surface area contributed by atoms with Gasteiger partial charge in [0, 0.05) is 46.2 Å². The first-order chi connectivity index (χ1) is 21.9. The Morgan fingerprint density at radius 3 is 2.33 bits per heavy atom. The molecule has 9 aromatic rings. The number of aromatic nitrogens is 5. The molecule has 7 heteroatoms. The van der Waals surface area contributed by atoms with Crippen molar-refractivity contribution < 1.29 is 9.15 Å². The lowest BCUT2D eigenvalue weighted by Crippen LogP contribution is -2.12. The minimum absolute atomic E-state index is 0.00813. The second-order valence-electron chi connectivity index (χ2n) is 12.5. The molecule has 0 N–H and O–H groups in total. The van der Waals surface area contributed by atoms with Crippen molar-refractivity contribution in [1.29, 1.82) is 0 Å². The quantitative estimate of drug-likeness (QED) is 0.206. The van der Waals surface area contributed by atoms with Gasteiger partial charge in [-0.3, -0.25) is 13.4 Å². The molecule has 0 atom stereocenters. The van der Waals surface area contributed by atoms with Crippen molar-refractivity contribution in [3.05, 3.63) is 127 Å². The van der Waals surface area contributed by atoms with Crippen LogP contribution in [-0.2, 0) is 5.41 Å². The van der Waals surface area contributed by atoms with Crippen molar-refractivity contribution in [3.8, 4) is 17.5 Å². The maximum absolute atomic E-state index is 6.61. The van der Waals surface area contributed by atoms with Gasteiger partial charge in [-0.1, -0.05) is 69.3 Å². The lowest BCUT2D eigenvalue weighted by atomic mass is 9.88.